The lowest BCUT2D eigenvalue weighted by atomic mass is 10.1. The van der Waals surface area contributed by atoms with Gasteiger partial charge in [0.15, 0.2) is 0 Å². The number of nitrogens with one attached hydrogen (secondary N) is 1. The number of carbonyl (C=O) groups excluding carboxylic acids is 2. The fourth-order valence-corrected chi connectivity index (χ4v) is 3.40. The van der Waals surface area contributed by atoms with Crippen LogP contribution in [0.3, 0.4) is 0 Å². The van der Waals surface area contributed by atoms with E-state index >= 15 is 0 Å². The van der Waals surface area contributed by atoms with Gasteiger partial charge in [0.05, 0.1) is 25.3 Å². The van der Waals surface area contributed by atoms with Gasteiger partial charge in [0, 0.05) is 17.5 Å². The SMILES string of the molecule is CCCC(=O)N1Cc2ccnn2C(C(=O)NCc2cccs2)C1. The third kappa shape index (κ3) is 3.44. The van der Waals surface area contributed by atoms with Gasteiger partial charge in [-0.1, -0.05) is 13.0 Å². The molecule has 6 nitrogen and oxygen atoms in total. The summed E-state index contributed by atoms with van der Waals surface area (Å²) in [5.74, 6) is -0.00615. The highest BCUT2D eigenvalue weighted by Crippen LogP contribution is 2.21. The Morgan fingerprint density at radius 3 is 3.04 bits per heavy atom. The molecule has 0 aliphatic carbocycles. The first-order valence-corrected chi connectivity index (χ1v) is 8.67. The maximum absolute atomic E-state index is 12.6. The summed E-state index contributed by atoms with van der Waals surface area (Å²) in [6.07, 6.45) is 3.00. The van der Waals surface area contributed by atoms with Gasteiger partial charge in [-0.05, 0) is 23.9 Å². The fraction of sp³-hybridized carbons (Fsp3) is 0.438. The summed E-state index contributed by atoms with van der Waals surface area (Å²) in [6.45, 7) is 3.39. The summed E-state index contributed by atoms with van der Waals surface area (Å²) in [6, 6.07) is 5.35. The monoisotopic (exact) mass is 332 g/mol. The molecule has 0 saturated heterocycles. The molecule has 0 bridgehead atoms. The van der Waals surface area contributed by atoms with Crippen molar-refractivity contribution in [3.63, 3.8) is 0 Å². The average molecular weight is 332 g/mol. The number of fused-ring (bicyclic) bond motifs is 1. The molecule has 1 aliphatic rings. The zero-order chi connectivity index (χ0) is 16.2. The Hall–Kier alpha value is -2.15. The molecule has 7 heteroatoms. The van der Waals surface area contributed by atoms with E-state index in [1.807, 2.05) is 30.5 Å². The Kier molecular flexibility index (Phi) is 4.76. The van der Waals surface area contributed by atoms with Crippen LogP contribution in [-0.2, 0) is 22.7 Å². The van der Waals surface area contributed by atoms with Crippen molar-refractivity contribution in [2.45, 2.75) is 38.9 Å². The van der Waals surface area contributed by atoms with Gasteiger partial charge in [-0.2, -0.15) is 5.10 Å². The average Bonchev–Trinajstić information content (AvgIpc) is 3.22. The Morgan fingerprint density at radius 1 is 1.43 bits per heavy atom. The van der Waals surface area contributed by atoms with Crippen molar-refractivity contribution in [2.75, 3.05) is 6.54 Å². The molecule has 1 atom stereocenters. The molecule has 0 fully saturated rings. The second-order valence-corrected chi connectivity index (χ2v) is 6.64. The second-order valence-electron chi connectivity index (χ2n) is 5.60. The van der Waals surface area contributed by atoms with Crippen LogP contribution in [0.5, 0.6) is 0 Å². The van der Waals surface area contributed by atoms with Gasteiger partial charge in [0.1, 0.15) is 6.04 Å². The predicted octanol–water partition coefficient (Wildman–Crippen LogP) is 1.94. The first kappa shape index (κ1) is 15.7. The topological polar surface area (TPSA) is 67.2 Å². The van der Waals surface area contributed by atoms with E-state index in [0.29, 0.717) is 26.1 Å². The molecule has 2 aromatic rings. The van der Waals surface area contributed by atoms with Crippen LogP contribution in [0, 0.1) is 0 Å². The minimum atomic E-state index is -0.463. The molecule has 0 radical (unpaired) electrons. The molecule has 2 aromatic heterocycles. The van der Waals surface area contributed by atoms with E-state index < -0.39 is 6.04 Å². The molecule has 23 heavy (non-hydrogen) atoms. The summed E-state index contributed by atoms with van der Waals surface area (Å²) in [4.78, 5) is 27.6. The van der Waals surface area contributed by atoms with E-state index in [2.05, 4.69) is 10.4 Å². The first-order chi connectivity index (χ1) is 11.2. The van der Waals surface area contributed by atoms with Gasteiger partial charge in [-0.25, -0.2) is 0 Å². The number of aromatic nitrogens is 2. The lowest BCUT2D eigenvalue weighted by molar-refractivity contribution is -0.135. The van der Waals surface area contributed by atoms with Crippen LogP contribution in [0.25, 0.3) is 0 Å². The lowest BCUT2D eigenvalue weighted by Gasteiger charge is -2.33. The quantitative estimate of drug-likeness (QED) is 0.910. The van der Waals surface area contributed by atoms with Crippen molar-refractivity contribution >= 4 is 23.2 Å². The predicted molar refractivity (Wildman–Crippen MR) is 87.8 cm³/mol. The normalized spacial score (nSPS) is 16.9. The molecule has 122 valence electrons. The largest absolute Gasteiger partial charge is 0.349 e. The number of hydrogen-bond donors (Lipinski definition) is 1. The van der Waals surface area contributed by atoms with Gasteiger partial charge < -0.3 is 10.2 Å². The number of carbonyl (C=O) groups is 2. The summed E-state index contributed by atoms with van der Waals surface area (Å²) in [5.41, 5.74) is 0.900. The zero-order valence-electron chi connectivity index (χ0n) is 13.1. The van der Waals surface area contributed by atoms with Crippen LogP contribution in [0.1, 0.15) is 36.4 Å². The Balaban J connectivity index is 1.72. The number of rotatable bonds is 5. The highest BCUT2D eigenvalue weighted by Gasteiger charge is 2.32. The zero-order valence-corrected chi connectivity index (χ0v) is 13.9. The third-order valence-electron chi connectivity index (χ3n) is 3.93. The van der Waals surface area contributed by atoms with E-state index in [1.165, 1.54) is 0 Å². The van der Waals surface area contributed by atoms with Gasteiger partial charge in [0.2, 0.25) is 11.8 Å². The highest BCUT2D eigenvalue weighted by molar-refractivity contribution is 7.09. The Labute approximate surface area is 139 Å². The number of hydrogen-bond acceptors (Lipinski definition) is 4. The molecule has 3 heterocycles. The van der Waals surface area contributed by atoms with Gasteiger partial charge >= 0.3 is 0 Å². The lowest BCUT2D eigenvalue weighted by Crippen LogP contribution is -2.46. The maximum atomic E-state index is 12.6. The molecule has 1 unspecified atom stereocenters. The van der Waals surface area contributed by atoms with Crippen LogP contribution in [0.15, 0.2) is 29.8 Å². The van der Waals surface area contributed by atoms with Crippen molar-refractivity contribution < 1.29 is 9.59 Å². The minimum Gasteiger partial charge on any atom is -0.349 e. The molecule has 0 spiro atoms. The van der Waals surface area contributed by atoms with E-state index in [-0.39, 0.29) is 11.8 Å². The molecule has 0 aromatic carbocycles. The summed E-state index contributed by atoms with van der Waals surface area (Å²) >= 11 is 1.61. The van der Waals surface area contributed by atoms with E-state index in [0.717, 1.165) is 17.0 Å². The standard InChI is InChI=1S/C16H20N4O2S/c1-2-4-15(21)19-10-12-6-7-18-20(12)14(11-19)16(22)17-9-13-5-3-8-23-13/h3,5-8,14H,2,4,9-11H2,1H3,(H,17,22). The first-order valence-electron chi connectivity index (χ1n) is 7.79. The Morgan fingerprint density at radius 2 is 2.30 bits per heavy atom. The van der Waals surface area contributed by atoms with Crippen molar-refractivity contribution in [3.05, 3.63) is 40.3 Å². The molecule has 1 aliphatic heterocycles. The van der Waals surface area contributed by atoms with Crippen LogP contribution in [0.4, 0.5) is 0 Å². The summed E-state index contributed by atoms with van der Waals surface area (Å²) in [5, 5.41) is 9.20. The van der Waals surface area contributed by atoms with Gasteiger partial charge in [0.25, 0.3) is 0 Å². The van der Waals surface area contributed by atoms with E-state index in [4.69, 9.17) is 0 Å². The molecule has 2 amide bonds. The van der Waals surface area contributed by atoms with Crippen LogP contribution in [-0.4, -0.2) is 33.0 Å². The van der Waals surface area contributed by atoms with Crippen molar-refractivity contribution in [3.8, 4) is 0 Å². The molecule has 1 N–H and O–H groups in total. The van der Waals surface area contributed by atoms with Gasteiger partial charge in [-0.15, -0.1) is 11.3 Å². The van der Waals surface area contributed by atoms with Crippen LogP contribution in [0.2, 0.25) is 0 Å². The van der Waals surface area contributed by atoms with Crippen LogP contribution >= 0.6 is 11.3 Å². The molecule has 0 saturated carbocycles. The minimum absolute atomic E-state index is 0.0935. The van der Waals surface area contributed by atoms with Crippen molar-refractivity contribution in [2.24, 2.45) is 0 Å². The fourth-order valence-electron chi connectivity index (χ4n) is 2.75. The van der Waals surface area contributed by atoms with Crippen molar-refractivity contribution in [1.82, 2.24) is 20.0 Å². The number of nitrogens with zero attached hydrogens (tertiary/aromatic N) is 3. The van der Waals surface area contributed by atoms with Crippen LogP contribution < -0.4 is 5.32 Å². The van der Waals surface area contributed by atoms with Crippen molar-refractivity contribution in [1.29, 1.82) is 0 Å². The van der Waals surface area contributed by atoms with Gasteiger partial charge in [-0.3, -0.25) is 14.3 Å². The summed E-state index contributed by atoms with van der Waals surface area (Å²) in [7, 11) is 0. The highest BCUT2D eigenvalue weighted by atomic mass is 32.1. The number of amides is 2. The van der Waals surface area contributed by atoms with E-state index in [9.17, 15) is 9.59 Å². The second kappa shape index (κ2) is 6.95. The van der Waals surface area contributed by atoms with E-state index in [1.54, 1.807) is 27.1 Å². The molecular formula is C16H20N4O2S. The smallest absolute Gasteiger partial charge is 0.247 e. The number of thiophene rings is 1. The summed E-state index contributed by atoms with van der Waals surface area (Å²) < 4.78 is 1.74. The maximum Gasteiger partial charge on any atom is 0.247 e. The molecular weight excluding hydrogens is 312 g/mol. The Bertz CT molecular complexity index is 680. The third-order valence-corrected chi connectivity index (χ3v) is 4.81. The molecule has 3 rings (SSSR count).